The van der Waals surface area contributed by atoms with Crippen molar-refractivity contribution in [3.63, 3.8) is 0 Å². The fraction of sp³-hybridized carbons (Fsp3) is 0.304. The second kappa shape index (κ2) is 9.73. The van der Waals surface area contributed by atoms with E-state index in [9.17, 15) is 4.79 Å². The molecule has 1 fully saturated rings. The summed E-state index contributed by atoms with van der Waals surface area (Å²) in [6.45, 7) is 4.82. The molecule has 0 unspecified atom stereocenters. The Balaban J connectivity index is 1.26. The molecule has 1 amide bonds. The van der Waals surface area contributed by atoms with Crippen molar-refractivity contribution in [2.75, 3.05) is 38.6 Å². The summed E-state index contributed by atoms with van der Waals surface area (Å²) in [5.41, 5.74) is 2.96. The first-order valence-electron chi connectivity index (χ1n) is 10.1. The van der Waals surface area contributed by atoms with Gasteiger partial charge in [0.15, 0.2) is 5.13 Å². The molecular weight excluding hydrogens is 396 g/mol. The fourth-order valence-electron chi connectivity index (χ4n) is 3.49. The van der Waals surface area contributed by atoms with Crippen LogP contribution in [0.15, 0.2) is 60.0 Å². The highest BCUT2D eigenvalue weighted by Gasteiger charge is 2.23. The molecule has 1 aromatic heterocycles. The highest BCUT2D eigenvalue weighted by molar-refractivity contribution is 7.13. The number of hydrogen-bond donors (Lipinski definition) is 1. The minimum absolute atomic E-state index is 0.0168. The number of nitrogens with zero attached hydrogens (tertiary/aromatic N) is 3. The van der Waals surface area contributed by atoms with Gasteiger partial charge in [-0.25, -0.2) is 4.98 Å². The molecule has 1 saturated heterocycles. The maximum absolute atomic E-state index is 12.8. The van der Waals surface area contributed by atoms with E-state index in [-0.39, 0.29) is 5.91 Å². The molecule has 0 atom stereocenters. The summed E-state index contributed by atoms with van der Waals surface area (Å²) in [6.07, 6.45) is 0. The van der Waals surface area contributed by atoms with Crippen molar-refractivity contribution >= 4 is 22.4 Å². The second-order valence-electron chi connectivity index (χ2n) is 7.29. The average Bonchev–Trinajstić information content (AvgIpc) is 3.28. The number of benzene rings is 2. The van der Waals surface area contributed by atoms with Crippen molar-refractivity contribution in [3.05, 3.63) is 76.8 Å². The number of thiazole rings is 1. The lowest BCUT2D eigenvalue weighted by atomic mass is 10.2. The van der Waals surface area contributed by atoms with Gasteiger partial charge in [0.05, 0.1) is 7.11 Å². The number of piperazine rings is 1. The number of nitrogens with one attached hydrogen (secondary N) is 1. The number of anilines is 1. The molecule has 156 valence electrons. The van der Waals surface area contributed by atoms with Gasteiger partial charge in [0.1, 0.15) is 11.4 Å². The predicted molar refractivity (Wildman–Crippen MR) is 120 cm³/mol. The molecule has 0 spiro atoms. The lowest BCUT2D eigenvalue weighted by Gasteiger charge is -2.34. The van der Waals surface area contributed by atoms with Gasteiger partial charge < -0.3 is 15.0 Å². The summed E-state index contributed by atoms with van der Waals surface area (Å²) in [5.74, 6) is 0.854. The van der Waals surface area contributed by atoms with Crippen molar-refractivity contribution in [3.8, 4) is 5.75 Å². The molecule has 0 radical (unpaired) electrons. The van der Waals surface area contributed by atoms with Crippen molar-refractivity contribution in [1.29, 1.82) is 0 Å². The molecule has 0 aliphatic carbocycles. The zero-order valence-corrected chi connectivity index (χ0v) is 17.9. The van der Waals surface area contributed by atoms with Gasteiger partial charge in [0.2, 0.25) is 0 Å². The molecule has 2 heterocycles. The molecule has 30 heavy (non-hydrogen) atoms. The van der Waals surface area contributed by atoms with Crippen LogP contribution in [0.25, 0.3) is 0 Å². The number of ether oxygens (including phenoxy) is 1. The fourth-order valence-corrected chi connectivity index (χ4v) is 4.17. The zero-order valence-electron chi connectivity index (χ0n) is 17.1. The van der Waals surface area contributed by atoms with E-state index in [0.717, 1.165) is 49.2 Å². The molecule has 1 aliphatic heterocycles. The predicted octanol–water partition coefficient (Wildman–Crippen LogP) is 3.72. The summed E-state index contributed by atoms with van der Waals surface area (Å²) in [5, 5.41) is 5.90. The number of carbonyl (C=O) groups is 1. The molecule has 6 nitrogen and oxygen atoms in total. The topological polar surface area (TPSA) is 57.7 Å². The van der Waals surface area contributed by atoms with Crippen LogP contribution in [0.1, 0.15) is 21.6 Å². The first-order valence-corrected chi connectivity index (χ1v) is 11.0. The highest BCUT2D eigenvalue weighted by atomic mass is 32.1. The SMILES string of the molecule is COc1ccc(CNc2nc(C(=O)N3CCN(Cc4ccccc4)CC3)cs2)cc1. The van der Waals surface area contributed by atoms with Gasteiger partial charge >= 0.3 is 0 Å². The third-order valence-corrected chi connectivity index (χ3v) is 6.03. The third kappa shape index (κ3) is 5.17. The van der Waals surface area contributed by atoms with Crippen LogP contribution in [-0.4, -0.2) is 54.0 Å². The van der Waals surface area contributed by atoms with Crippen LogP contribution in [0.5, 0.6) is 5.75 Å². The van der Waals surface area contributed by atoms with Crippen LogP contribution >= 0.6 is 11.3 Å². The lowest BCUT2D eigenvalue weighted by molar-refractivity contribution is 0.0623. The Labute approximate surface area is 181 Å². The lowest BCUT2D eigenvalue weighted by Crippen LogP contribution is -2.48. The van der Waals surface area contributed by atoms with Crippen molar-refractivity contribution in [1.82, 2.24) is 14.8 Å². The molecule has 0 bridgehead atoms. The van der Waals surface area contributed by atoms with Crippen molar-refractivity contribution in [2.45, 2.75) is 13.1 Å². The van der Waals surface area contributed by atoms with Gasteiger partial charge in [0.25, 0.3) is 5.91 Å². The van der Waals surface area contributed by atoms with Crippen LogP contribution in [0, 0.1) is 0 Å². The number of rotatable bonds is 7. The van der Waals surface area contributed by atoms with E-state index in [0.29, 0.717) is 12.2 Å². The summed E-state index contributed by atoms with van der Waals surface area (Å²) in [4.78, 5) is 21.6. The number of carbonyl (C=O) groups excluding carboxylic acids is 1. The van der Waals surface area contributed by atoms with Crippen LogP contribution in [0.4, 0.5) is 5.13 Å². The van der Waals surface area contributed by atoms with E-state index in [1.54, 1.807) is 7.11 Å². The number of amides is 1. The van der Waals surface area contributed by atoms with Crippen molar-refractivity contribution < 1.29 is 9.53 Å². The maximum atomic E-state index is 12.8. The molecule has 7 heteroatoms. The Hall–Kier alpha value is -2.90. The maximum Gasteiger partial charge on any atom is 0.273 e. The Bertz CT molecular complexity index is 951. The summed E-state index contributed by atoms with van der Waals surface area (Å²) >= 11 is 1.47. The van der Waals surface area contributed by atoms with E-state index in [4.69, 9.17) is 4.74 Å². The second-order valence-corrected chi connectivity index (χ2v) is 8.15. The standard InChI is InChI=1S/C23H26N4O2S/c1-29-20-9-7-18(8-10-20)15-24-23-25-21(17-30-23)22(28)27-13-11-26(12-14-27)16-19-5-3-2-4-6-19/h2-10,17H,11-16H2,1H3,(H,24,25). The Morgan fingerprint density at radius 1 is 1.03 bits per heavy atom. The molecule has 4 rings (SSSR count). The Morgan fingerprint density at radius 2 is 1.77 bits per heavy atom. The molecule has 2 aromatic carbocycles. The molecular formula is C23H26N4O2S. The largest absolute Gasteiger partial charge is 0.497 e. The zero-order chi connectivity index (χ0) is 20.8. The highest BCUT2D eigenvalue weighted by Crippen LogP contribution is 2.19. The number of methoxy groups -OCH3 is 1. The summed E-state index contributed by atoms with van der Waals surface area (Å²) in [7, 11) is 1.66. The molecule has 1 N–H and O–H groups in total. The van der Waals surface area contributed by atoms with Crippen LogP contribution in [0.2, 0.25) is 0 Å². The number of aromatic nitrogens is 1. The smallest absolute Gasteiger partial charge is 0.273 e. The first kappa shape index (κ1) is 20.4. The van der Waals surface area contributed by atoms with E-state index in [1.165, 1.54) is 16.9 Å². The summed E-state index contributed by atoms with van der Waals surface area (Å²) < 4.78 is 5.18. The van der Waals surface area contributed by atoms with E-state index in [1.807, 2.05) is 40.6 Å². The quantitative estimate of drug-likeness (QED) is 0.629. The number of hydrogen-bond acceptors (Lipinski definition) is 6. The van der Waals surface area contributed by atoms with Crippen LogP contribution in [-0.2, 0) is 13.1 Å². The van der Waals surface area contributed by atoms with E-state index >= 15 is 0 Å². The van der Waals surface area contributed by atoms with Crippen LogP contribution < -0.4 is 10.1 Å². The Morgan fingerprint density at radius 3 is 2.47 bits per heavy atom. The summed E-state index contributed by atoms with van der Waals surface area (Å²) in [6, 6.07) is 18.4. The minimum Gasteiger partial charge on any atom is -0.497 e. The van der Waals surface area contributed by atoms with Crippen molar-refractivity contribution in [2.24, 2.45) is 0 Å². The average molecular weight is 423 g/mol. The van der Waals surface area contributed by atoms with Gasteiger partial charge in [-0.2, -0.15) is 0 Å². The molecule has 0 saturated carbocycles. The minimum atomic E-state index is 0.0168. The molecule has 1 aliphatic rings. The molecule has 3 aromatic rings. The monoisotopic (exact) mass is 422 g/mol. The van der Waals surface area contributed by atoms with Gasteiger partial charge in [-0.15, -0.1) is 11.3 Å². The third-order valence-electron chi connectivity index (χ3n) is 5.23. The van der Waals surface area contributed by atoms with E-state index < -0.39 is 0 Å². The van der Waals surface area contributed by atoms with E-state index in [2.05, 4.69) is 39.5 Å². The van der Waals surface area contributed by atoms with Crippen LogP contribution in [0.3, 0.4) is 0 Å². The van der Waals surface area contributed by atoms with Gasteiger partial charge in [-0.05, 0) is 23.3 Å². The Kier molecular flexibility index (Phi) is 6.61. The van der Waals surface area contributed by atoms with Gasteiger partial charge in [-0.3, -0.25) is 9.69 Å². The normalized spacial score (nSPS) is 14.5. The first-order chi connectivity index (χ1) is 14.7. The van der Waals surface area contributed by atoms with Gasteiger partial charge in [-0.1, -0.05) is 42.5 Å². The van der Waals surface area contributed by atoms with Gasteiger partial charge in [0, 0.05) is 44.6 Å².